The van der Waals surface area contributed by atoms with E-state index in [0.29, 0.717) is 12.3 Å². The van der Waals surface area contributed by atoms with E-state index in [9.17, 15) is 4.79 Å². The van der Waals surface area contributed by atoms with E-state index in [1.54, 1.807) is 0 Å². The predicted octanol–water partition coefficient (Wildman–Crippen LogP) is 2.34. The fraction of sp³-hybridized carbons (Fsp3) is 0.923. The lowest BCUT2D eigenvalue weighted by Crippen LogP contribution is -2.35. The van der Waals surface area contributed by atoms with Gasteiger partial charge in [0.2, 0.25) is 5.91 Å². The molecule has 16 heavy (non-hydrogen) atoms. The second-order valence-electron chi connectivity index (χ2n) is 5.81. The normalized spacial score (nSPS) is 15.6. The summed E-state index contributed by atoms with van der Waals surface area (Å²) in [7, 11) is 0. The van der Waals surface area contributed by atoms with Crippen molar-refractivity contribution in [2.45, 2.75) is 59.9 Å². The topological polar surface area (TPSA) is 49.3 Å². The molecule has 0 radical (unpaired) electrons. The molecule has 0 bridgehead atoms. The van der Waals surface area contributed by atoms with Gasteiger partial charge in [-0.15, -0.1) is 0 Å². The van der Waals surface area contributed by atoms with E-state index in [2.05, 4.69) is 33.0 Å². The number of nitrogens with one attached hydrogen (secondary N) is 1. The van der Waals surface area contributed by atoms with Gasteiger partial charge in [-0.05, 0) is 31.1 Å². The summed E-state index contributed by atoms with van der Waals surface area (Å²) in [6.45, 7) is 10.7. The molecule has 3 nitrogen and oxygen atoms in total. The molecule has 3 heteroatoms. The largest absolute Gasteiger partial charge is 0.396 e. The third-order valence-corrected chi connectivity index (χ3v) is 3.17. The summed E-state index contributed by atoms with van der Waals surface area (Å²) >= 11 is 0. The Balaban J connectivity index is 3.90. The lowest BCUT2D eigenvalue weighted by atomic mass is 9.80. The molecule has 0 aliphatic carbocycles. The van der Waals surface area contributed by atoms with Gasteiger partial charge in [0.15, 0.2) is 0 Å². The smallest absolute Gasteiger partial charge is 0.220 e. The third kappa shape index (κ3) is 6.83. The first kappa shape index (κ1) is 15.4. The highest BCUT2D eigenvalue weighted by Gasteiger charge is 2.22. The maximum atomic E-state index is 11.7. The van der Waals surface area contributed by atoms with Crippen LogP contribution in [0.15, 0.2) is 0 Å². The van der Waals surface area contributed by atoms with E-state index in [0.717, 1.165) is 12.8 Å². The Labute approximate surface area is 99.6 Å². The maximum absolute atomic E-state index is 11.7. The first-order valence-electron chi connectivity index (χ1n) is 6.17. The van der Waals surface area contributed by atoms with Crippen LogP contribution in [-0.2, 0) is 4.79 Å². The van der Waals surface area contributed by atoms with Gasteiger partial charge >= 0.3 is 0 Å². The van der Waals surface area contributed by atoms with E-state index in [4.69, 9.17) is 5.11 Å². The van der Waals surface area contributed by atoms with Gasteiger partial charge < -0.3 is 10.4 Å². The van der Waals surface area contributed by atoms with Gasteiger partial charge in [0.1, 0.15) is 0 Å². The number of hydrogen-bond acceptors (Lipinski definition) is 2. The van der Waals surface area contributed by atoms with Crippen molar-refractivity contribution in [2.24, 2.45) is 11.3 Å². The van der Waals surface area contributed by atoms with Gasteiger partial charge in [0.05, 0.1) is 0 Å². The molecule has 0 fully saturated rings. The summed E-state index contributed by atoms with van der Waals surface area (Å²) < 4.78 is 0. The van der Waals surface area contributed by atoms with E-state index >= 15 is 0 Å². The molecule has 1 amide bonds. The number of hydrogen-bond donors (Lipinski definition) is 2. The highest BCUT2D eigenvalue weighted by molar-refractivity contribution is 5.76. The van der Waals surface area contributed by atoms with E-state index in [1.807, 2.05) is 6.92 Å². The second-order valence-corrected chi connectivity index (χ2v) is 5.81. The zero-order chi connectivity index (χ0) is 12.8. The fourth-order valence-electron chi connectivity index (χ4n) is 1.39. The summed E-state index contributed by atoms with van der Waals surface area (Å²) in [6, 6.07) is 0.159. The monoisotopic (exact) mass is 229 g/mol. The van der Waals surface area contributed by atoms with Crippen molar-refractivity contribution in [1.29, 1.82) is 0 Å². The number of amides is 1. The van der Waals surface area contributed by atoms with Crippen LogP contribution in [0.5, 0.6) is 0 Å². The van der Waals surface area contributed by atoms with Crippen LogP contribution in [0.1, 0.15) is 53.9 Å². The summed E-state index contributed by atoms with van der Waals surface area (Å²) in [6.07, 6.45) is 2.16. The van der Waals surface area contributed by atoms with Crippen molar-refractivity contribution < 1.29 is 9.90 Å². The molecule has 0 saturated heterocycles. The van der Waals surface area contributed by atoms with Crippen molar-refractivity contribution in [3.05, 3.63) is 0 Å². The standard InChI is InChI=1S/C13H27NO2/c1-10(13(3,4)5)9-12(16)14-11(2)7-6-8-15/h10-11,15H,6-9H2,1-5H3,(H,14,16). The molecular formula is C13H27NO2. The van der Waals surface area contributed by atoms with Crippen LogP contribution in [0.4, 0.5) is 0 Å². The Morgan fingerprint density at radius 3 is 2.31 bits per heavy atom. The van der Waals surface area contributed by atoms with Gasteiger partial charge in [0, 0.05) is 19.1 Å². The first-order chi connectivity index (χ1) is 7.27. The van der Waals surface area contributed by atoms with Gasteiger partial charge in [-0.1, -0.05) is 27.7 Å². The summed E-state index contributed by atoms with van der Waals surface area (Å²) in [5, 5.41) is 11.7. The Bertz CT molecular complexity index is 208. The maximum Gasteiger partial charge on any atom is 0.220 e. The number of carbonyl (C=O) groups is 1. The lowest BCUT2D eigenvalue weighted by molar-refractivity contribution is -0.123. The van der Waals surface area contributed by atoms with Crippen molar-refractivity contribution in [1.82, 2.24) is 5.32 Å². The molecule has 0 aromatic rings. The number of carbonyl (C=O) groups excluding carboxylic acids is 1. The summed E-state index contributed by atoms with van der Waals surface area (Å²) in [4.78, 5) is 11.7. The Morgan fingerprint density at radius 2 is 1.88 bits per heavy atom. The number of aliphatic hydroxyl groups is 1. The van der Waals surface area contributed by atoms with Gasteiger partial charge in [-0.25, -0.2) is 0 Å². The molecule has 2 N–H and O–H groups in total. The third-order valence-electron chi connectivity index (χ3n) is 3.17. The minimum absolute atomic E-state index is 0.118. The van der Waals surface area contributed by atoms with Crippen LogP contribution in [0.2, 0.25) is 0 Å². The zero-order valence-corrected chi connectivity index (χ0v) is 11.3. The number of aliphatic hydroxyl groups excluding tert-OH is 1. The molecule has 0 rings (SSSR count). The second kappa shape index (κ2) is 6.89. The summed E-state index contributed by atoms with van der Waals surface area (Å²) in [5.41, 5.74) is 0.172. The molecule has 0 spiro atoms. The van der Waals surface area contributed by atoms with Gasteiger partial charge in [-0.3, -0.25) is 4.79 Å². The van der Waals surface area contributed by atoms with Crippen molar-refractivity contribution >= 4 is 5.91 Å². The van der Waals surface area contributed by atoms with Crippen LogP contribution in [0.3, 0.4) is 0 Å². The van der Waals surface area contributed by atoms with Gasteiger partial charge in [0.25, 0.3) is 0 Å². The van der Waals surface area contributed by atoms with Crippen molar-refractivity contribution in [3.63, 3.8) is 0 Å². The van der Waals surface area contributed by atoms with E-state index < -0.39 is 0 Å². The minimum Gasteiger partial charge on any atom is -0.396 e. The van der Waals surface area contributed by atoms with E-state index in [-0.39, 0.29) is 24.0 Å². The molecular weight excluding hydrogens is 202 g/mol. The van der Waals surface area contributed by atoms with E-state index in [1.165, 1.54) is 0 Å². The Morgan fingerprint density at radius 1 is 1.31 bits per heavy atom. The van der Waals surface area contributed by atoms with Gasteiger partial charge in [-0.2, -0.15) is 0 Å². The minimum atomic E-state index is 0.118. The summed E-state index contributed by atoms with van der Waals surface area (Å²) in [5.74, 6) is 0.491. The first-order valence-corrected chi connectivity index (χ1v) is 6.17. The predicted molar refractivity (Wildman–Crippen MR) is 67.2 cm³/mol. The Hall–Kier alpha value is -0.570. The fourth-order valence-corrected chi connectivity index (χ4v) is 1.39. The SMILES string of the molecule is CC(CCCO)NC(=O)CC(C)C(C)(C)C. The van der Waals surface area contributed by atoms with Crippen LogP contribution in [-0.4, -0.2) is 23.7 Å². The van der Waals surface area contributed by atoms with Crippen molar-refractivity contribution in [3.8, 4) is 0 Å². The number of rotatable bonds is 6. The molecule has 2 atom stereocenters. The molecule has 0 aliphatic rings. The molecule has 0 aliphatic heterocycles. The molecule has 0 aromatic carbocycles. The lowest BCUT2D eigenvalue weighted by Gasteiger charge is -2.27. The van der Waals surface area contributed by atoms with Crippen LogP contribution >= 0.6 is 0 Å². The van der Waals surface area contributed by atoms with Crippen LogP contribution in [0.25, 0.3) is 0 Å². The highest BCUT2D eigenvalue weighted by Crippen LogP contribution is 2.27. The van der Waals surface area contributed by atoms with Crippen LogP contribution in [0, 0.1) is 11.3 Å². The zero-order valence-electron chi connectivity index (χ0n) is 11.3. The average Bonchev–Trinajstić information content (AvgIpc) is 2.12. The molecule has 96 valence electrons. The Kier molecular flexibility index (Phi) is 6.65. The van der Waals surface area contributed by atoms with Crippen molar-refractivity contribution in [2.75, 3.05) is 6.61 Å². The quantitative estimate of drug-likeness (QED) is 0.734. The molecule has 2 unspecified atom stereocenters. The molecule has 0 saturated carbocycles. The molecule has 0 heterocycles. The average molecular weight is 229 g/mol. The molecule has 0 aromatic heterocycles. The van der Waals surface area contributed by atoms with Crippen LogP contribution < -0.4 is 5.32 Å². The highest BCUT2D eigenvalue weighted by atomic mass is 16.2.